The number of nitrogens with one attached hydrogen (secondary N) is 4. The number of hydrogen-bond donors (Lipinski definition) is 4. The zero-order valence-corrected chi connectivity index (χ0v) is 48.0. The summed E-state index contributed by atoms with van der Waals surface area (Å²) in [4.78, 5) is 92.3. The maximum Gasteiger partial charge on any atom is 0.410 e. The van der Waals surface area contributed by atoms with E-state index in [1.807, 2.05) is 39.8 Å². The number of ether oxygens (including phenoxy) is 1. The van der Waals surface area contributed by atoms with Crippen molar-refractivity contribution < 1.29 is 37.1 Å². The van der Waals surface area contributed by atoms with Crippen molar-refractivity contribution in [2.45, 2.75) is 84.9 Å². The number of pyridine rings is 3. The Morgan fingerprint density at radius 1 is 0.560 bits per heavy atom. The van der Waals surface area contributed by atoms with E-state index < -0.39 is 40.8 Å². The molecule has 9 aromatic rings. The standard InChI is InChI=1S/C24H30FN7O3.C19H22FN7O.C13H9ClFN5O/c1-15-13-32-14-16(10-18(25)21(32)28-15)29-22(33)19-11-27-20(12-26-19)30(5)17-6-8-31(9-7-17)23(34)35-24(2,3)4;1-12-10-27-11-13(7-15(20)18(27)24-12)25-19(28)16-8-23-17(9-22-16)26(2)14-3-5-21-6-4-14;1-7-5-20-6-8(2-9(15)12(20)18-7)19-13(21)10-3-17-11(14)4-16-10/h10-14,17H,6-9H2,1-5H3,(H,29,33);7-11,14,21H,3-6H2,1-2H3,(H,25,28);2-6H,1H3,(H,19,21). The van der Waals surface area contributed by atoms with E-state index in [9.17, 15) is 32.3 Å². The van der Waals surface area contributed by atoms with Crippen molar-refractivity contribution in [2.24, 2.45) is 0 Å². The van der Waals surface area contributed by atoms with E-state index in [0.717, 1.165) is 44.6 Å². The molecule has 0 saturated carbocycles. The summed E-state index contributed by atoms with van der Waals surface area (Å²) in [6.07, 6.45) is 21.6. The first-order valence-electron chi connectivity index (χ1n) is 26.7. The first-order chi connectivity index (χ1) is 40.0. The minimum Gasteiger partial charge on any atom is -0.444 e. The van der Waals surface area contributed by atoms with Crippen LogP contribution in [0.3, 0.4) is 0 Å². The Balaban J connectivity index is 0.000000156. The van der Waals surface area contributed by atoms with E-state index in [1.165, 1.54) is 58.0 Å². The SMILES string of the molecule is Cc1cn2cc(NC(=O)c3cnc(Cl)cn3)cc(F)c2n1.Cc1cn2cc(NC(=O)c3cnc(N(C)C4CCN(C(=O)OC(C)(C)C)CC4)cn3)cc(F)c2n1.Cc1cn2cc(NC(=O)c3cnc(N(C)C4CCNCC4)cn3)cc(F)c2n1. The summed E-state index contributed by atoms with van der Waals surface area (Å²) >= 11 is 5.60. The third-order valence-corrected chi connectivity index (χ3v) is 13.7. The Morgan fingerprint density at radius 3 is 1.27 bits per heavy atom. The van der Waals surface area contributed by atoms with Crippen LogP contribution in [-0.2, 0) is 4.74 Å². The van der Waals surface area contributed by atoms with Crippen molar-refractivity contribution in [1.29, 1.82) is 0 Å². The van der Waals surface area contributed by atoms with Gasteiger partial charge in [0.15, 0.2) is 34.4 Å². The molecule has 0 radical (unpaired) electrons. The Kier molecular flexibility index (Phi) is 17.9. The Morgan fingerprint density at radius 2 is 0.929 bits per heavy atom. The number of carbonyl (C=O) groups excluding carboxylic acids is 4. The van der Waals surface area contributed by atoms with E-state index >= 15 is 0 Å². The summed E-state index contributed by atoms with van der Waals surface area (Å²) in [6, 6.07) is 4.24. The molecule has 11 heterocycles. The van der Waals surface area contributed by atoms with Crippen molar-refractivity contribution in [2.75, 3.05) is 66.0 Å². The minimum absolute atomic E-state index is 0.0849. The van der Waals surface area contributed by atoms with Crippen molar-refractivity contribution in [3.05, 3.63) is 149 Å². The molecule has 2 fully saturated rings. The summed E-state index contributed by atoms with van der Waals surface area (Å²) < 4.78 is 52.4. The molecule has 2 saturated heterocycles. The monoisotopic (exact) mass is 1170 g/mol. The van der Waals surface area contributed by atoms with E-state index in [1.54, 1.807) is 73.4 Å². The number of halogens is 4. The molecule has 0 atom stereocenters. The van der Waals surface area contributed by atoms with Crippen LogP contribution in [0.15, 0.2) is 92.6 Å². The lowest BCUT2D eigenvalue weighted by Gasteiger charge is -2.37. The molecule has 0 spiro atoms. The van der Waals surface area contributed by atoms with Crippen LogP contribution in [0.4, 0.5) is 46.7 Å². The van der Waals surface area contributed by atoms with Crippen LogP contribution < -0.4 is 31.1 Å². The Bertz CT molecular complexity index is 3840. The number of hydrogen-bond acceptors (Lipinski definition) is 17. The lowest BCUT2D eigenvalue weighted by molar-refractivity contribution is 0.0205. The smallest absolute Gasteiger partial charge is 0.410 e. The van der Waals surface area contributed by atoms with Gasteiger partial charge in [-0.15, -0.1) is 0 Å². The fraction of sp³-hybridized carbons (Fsp3) is 0.339. The normalized spacial score (nSPS) is 13.8. The number of nitrogens with zero attached hydrogens (tertiary/aromatic N) is 15. The largest absolute Gasteiger partial charge is 0.444 e. The average Bonchev–Trinajstić information content (AvgIpc) is 3.54. The molecule has 9 aromatic heterocycles. The quantitative estimate of drug-likeness (QED) is 0.101. The highest BCUT2D eigenvalue weighted by atomic mass is 35.5. The molecule has 2 aliphatic rings. The lowest BCUT2D eigenvalue weighted by atomic mass is 10.0. The number of carbonyl (C=O) groups is 4. The summed E-state index contributed by atoms with van der Waals surface area (Å²) in [5, 5.41) is 11.4. The summed E-state index contributed by atoms with van der Waals surface area (Å²) in [7, 11) is 3.91. The predicted octanol–water partition coefficient (Wildman–Crippen LogP) is 8.15. The fourth-order valence-corrected chi connectivity index (χ4v) is 9.43. The van der Waals surface area contributed by atoms with Crippen LogP contribution >= 0.6 is 11.6 Å². The molecule has 4 N–H and O–H groups in total. The van der Waals surface area contributed by atoms with Gasteiger partial charge < -0.3 is 53.9 Å². The molecular formula is C56H61ClF3N19O5. The number of amides is 4. The zero-order chi connectivity index (χ0) is 60.0. The third kappa shape index (κ3) is 14.6. The van der Waals surface area contributed by atoms with Gasteiger partial charge in [0.1, 0.15) is 39.5 Å². The van der Waals surface area contributed by atoms with E-state index in [4.69, 9.17) is 16.3 Å². The number of rotatable bonds is 10. The molecule has 24 nitrogen and oxygen atoms in total. The van der Waals surface area contributed by atoms with Crippen LogP contribution in [-0.4, -0.2) is 145 Å². The summed E-state index contributed by atoms with van der Waals surface area (Å²) in [5.41, 5.74) is 3.43. The number of imidazole rings is 3. The molecule has 28 heteroatoms. The van der Waals surface area contributed by atoms with Crippen LogP contribution in [0.25, 0.3) is 16.9 Å². The van der Waals surface area contributed by atoms with Crippen LogP contribution in [0, 0.1) is 38.2 Å². The number of aromatic nitrogens is 12. The minimum atomic E-state index is -0.531. The Hall–Kier alpha value is -9.37. The van der Waals surface area contributed by atoms with Crippen LogP contribution in [0.1, 0.15) is 95.0 Å². The van der Waals surface area contributed by atoms with E-state index in [2.05, 4.69) is 71.0 Å². The molecule has 0 unspecified atom stereocenters. The first-order valence-corrected chi connectivity index (χ1v) is 27.1. The molecule has 0 aliphatic carbocycles. The Labute approximate surface area is 484 Å². The summed E-state index contributed by atoms with van der Waals surface area (Å²) in [6.45, 7) is 14.0. The van der Waals surface area contributed by atoms with Gasteiger partial charge >= 0.3 is 6.09 Å². The van der Waals surface area contributed by atoms with Crippen LogP contribution in [0.5, 0.6) is 0 Å². The molecule has 0 aromatic carbocycles. The molecule has 84 heavy (non-hydrogen) atoms. The fourth-order valence-electron chi connectivity index (χ4n) is 9.33. The highest BCUT2D eigenvalue weighted by Gasteiger charge is 2.29. The zero-order valence-electron chi connectivity index (χ0n) is 47.2. The van der Waals surface area contributed by atoms with Gasteiger partial charge in [-0.05, 0) is 80.3 Å². The number of aryl methyl sites for hydroxylation is 3. The maximum atomic E-state index is 14.3. The maximum absolute atomic E-state index is 14.3. The van der Waals surface area contributed by atoms with Crippen molar-refractivity contribution in [3.8, 4) is 0 Å². The summed E-state index contributed by atoms with van der Waals surface area (Å²) in [5.74, 6) is -1.65. The molecule has 438 valence electrons. The number of likely N-dealkylation sites (tertiary alicyclic amines) is 1. The van der Waals surface area contributed by atoms with Crippen LogP contribution in [0.2, 0.25) is 5.15 Å². The van der Waals surface area contributed by atoms with Gasteiger partial charge in [0, 0.05) is 94.6 Å². The van der Waals surface area contributed by atoms with E-state index in [-0.39, 0.29) is 57.0 Å². The van der Waals surface area contributed by atoms with Gasteiger partial charge in [-0.2, -0.15) is 0 Å². The van der Waals surface area contributed by atoms with Gasteiger partial charge in [0.2, 0.25) is 0 Å². The highest BCUT2D eigenvalue weighted by molar-refractivity contribution is 6.29. The topological polar surface area (TPSA) is 265 Å². The first kappa shape index (κ1) is 59.3. The van der Waals surface area contributed by atoms with Crippen molar-refractivity contribution in [3.63, 3.8) is 0 Å². The molecule has 4 amide bonds. The molecular weight excluding hydrogens is 1110 g/mol. The van der Waals surface area contributed by atoms with Gasteiger partial charge in [0.05, 0.1) is 71.3 Å². The molecule has 2 aliphatic heterocycles. The predicted molar refractivity (Wildman–Crippen MR) is 308 cm³/mol. The number of piperidine rings is 2. The van der Waals surface area contributed by atoms with Gasteiger partial charge in [-0.1, -0.05) is 11.6 Å². The lowest BCUT2D eigenvalue weighted by Crippen LogP contribution is -2.47. The third-order valence-electron chi connectivity index (χ3n) is 13.5. The molecule has 0 bridgehead atoms. The second-order valence-corrected chi connectivity index (χ2v) is 21.5. The number of anilines is 5. The van der Waals surface area contributed by atoms with Gasteiger partial charge in [-0.25, -0.2) is 62.8 Å². The van der Waals surface area contributed by atoms with Gasteiger partial charge in [0.25, 0.3) is 17.7 Å². The molecule has 11 rings (SSSR count). The van der Waals surface area contributed by atoms with Crippen molar-refractivity contribution in [1.82, 2.24) is 68.3 Å². The van der Waals surface area contributed by atoms with E-state index in [0.29, 0.717) is 53.4 Å². The second-order valence-electron chi connectivity index (χ2n) is 21.1. The average molecular weight is 1170 g/mol. The van der Waals surface area contributed by atoms with Gasteiger partial charge in [-0.3, -0.25) is 14.4 Å². The number of fused-ring (bicyclic) bond motifs is 3. The van der Waals surface area contributed by atoms with Crippen molar-refractivity contribution >= 4 is 81.1 Å². The highest BCUT2D eigenvalue weighted by Crippen LogP contribution is 2.24. The second kappa shape index (κ2) is 25.4.